The van der Waals surface area contributed by atoms with Crippen LogP contribution >= 0.6 is 11.8 Å². The fourth-order valence-corrected chi connectivity index (χ4v) is 2.65. The number of carbonyl (C=O) groups is 1. The molecule has 1 aromatic rings. The number of amides is 1. The molecule has 1 amide bonds. The molecule has 0 spiro atoms. The summed E-state index contributed by atoms with van der Waals surface area (Å²) in [4.78, 5) is 11.7. The predicted octanol–water partition coefficient (Wildman–Crippen LogP) is 0.751. The summed E-state index contributed by atoms with van der Waals surface area (Å²) in [6.45, 7) is 0. The van der Waals surface area contributed by atoms with Crippen molar-refractivity contribution in [3.63, 3.8) is 0 Å². The van der Waals surface area contributed by atoms with Crippen molar-refractivity contribution in [3.8, 4) is 0 Å². The van der Waals surface area contributed by atoms with Gasteiger partial charge in [0.05, 0.1) is 5.75 Å². The van der Waals surface area contributed by atoms with Gasteiger partial charge in [-0.3, -0.25) is 4.79 Å². The number of aryl methyl sites for hydroxylation is 1. The maximum absolute atomic E-state index is 11.7. The van der Waals surface area contributed by atoms with Gasteiger partial charge < -0.3 is 5.32 Å². The number of carbonyl (C=O) groups excluding carboxylic acids is 1. The van der Waals surface area contributed by atoms with Crippen molar-refractivity contribution in [1.82, 2.24) is 25.5 Å². The van der Waals surface area contributed by atoms with E-state index >= 15 is 0 Å². The Kier molecular flexibility index (Phi) is 4.36. The van der Waals surface area contributed by atoms with Crippen molar-refractivity contribution in [2.24, 2.45) is 7.05 Å². The van der Waals surface area contributed by atoms with Gasteiger partial charge in [-0.05, 0) is 23.3 Å². The van der Waals surface area contributed by atoms with Crippen LogP contribution in [0, 0.1) is 0 Å². The van der Waals surface area contributed by atoms with Crippen molar-refractivity contribution >= 4 is 17.7 Å². The Bertz CT molecular complexity index is 375. The fourth-order valence-electron chi connectivity index (χ4n) is 1.99. The maximum atomic E-state index is 11.7. The summed E-state index contributed by atoms with van der Waals surface area (Å²) in [5.74, 6) is 0.454. The molecule has 0 aliphatic heterocycles. The zero-order valence-corrected chi connectivity index (χ0v) is 10.7. The SMILES string of the molecule is Cn1nnnc1SCC(=O)NC1CCCCC1. The summed E-state index contributed by atoms with van der Waals surface area (Å²) in [6.07, 6.45) is 5.98. The van der Waals surface area contributed by atoms with Crippen LogP contribution in [0.2, 0.25) is 0 Å². The summed E-state index contributed by atoms with van der Waals surface area (Å²) in [7, 11) is 1.77. The molecule has 2 rings (SSSR count). The first-order chi connectivity index (χ1) is 8.25. The third-order valence-corrected chi connectivity index (χ3v) is 3.89. The van der Waals surface area contributed by atoms with Gasteiger partial charge >= 0.3 is 0 Å². The lowest BCUT2D eigenvalue weighted by molar-refractivity contribution is -0.119. The molecule has 17 heavy (non-hydrogen) atoms. The molecule has 1 aromatic heterocycles. The minimum Gasteiger partial charge on any atom is -0.353 e. The Balaban J connectivity index is 1.72. The number of hydrogen-bond donors (Lipinski definition) is 1. The molecule has 0 bridgehead atoms. The fraction of sp³-hybridized carbons (Fsp3) is 0.800. The second-order valence-electron chi connectivity index (χ2n) is 4.28. The number of nitrogens with zero attached hydrogens (tertiary/aromatic N) is 4. The molecule has 1 N–H and O–H groups in total. The normalized spacial score (nSPS) is 17.0. The Morgan fingerprint density at radius 1 is 1.47 bits per heavy atom. The van der Waals surface area contributed by atoms with Crippen molar-refractivity contribution < 1.29 is 4.79 Å². The highest BCUT2D eigenvalue weighted by molar-refractivity contribution is 7.99. The van der Waals surface area contributed by atoms with Crippen LogP contribution in [0.25, 0.3) is 0 Å². The third kappa shape index (κ3) is 3.69. The first-order valence-electron chi connectivity index (χ1n) is 5.90. The van der Waals surface area contributed by atoms with Crippen LogP contribution in [0.3, 0.4) is 0 Å². The molecule has 0 radical (unpaired) electrons. The van der Waals surface area contributed by atoms with Gasteiger partial charge in [0.1, 0.15) is 0 Å². The van der Waals surface area contributed by atoms with Crippen LogP contribution in [-0.2, 0) is 11.8 Å². The number of rotatable bonds is 4. The van der Waals surface area contributed by atoms with E-state index in [0.717, 1.165) is 12.8 Å². The van der Waals surface area contributed by atoms with E-state index in [0.29, 0.717) is 17.0 Å². The Morgan fingerprint density at radius 2 is 2.24 bits per heavy atom. The summed E-state index contributed by atoms with van der Waals surface area (Å²) >= 11 is 1.37. The van der Waals surface area contributed by atoms with Crippen molar-refractivity contribution in [1.29, 1.82) is 0 Å². The molecular weight excluding hydrogens is 238 g/mol. The van der Waals surface area contributed by atoms with Crippen LogP contribution < -0.4 is 5.32 Å². The maximum Gasteiger partial charge on any atom is 0.230 e. The highest BCUT2D eigenvalue weighted by Gasteiger charge is 2.16. The minimum absolute atomic E-state index is 0.0740. The van der Waals surface area contributed by atoms with Crippen molar-refractivity contribution in [2.75, 3.05) is 5.75 Å². The predicted molar refractivity (Wildman–Crippen MR) is 64.5 cm³/mol. The van der Waals surface area contributed by atoms with Gasteiger partial charge in [0, 0.05) is 13.1 Å². The number of thioether (sulfide) groups is 1. The van der Waals surface area contributed by atoms with Gasteiger partial charge in [-0.25, -0.2) is 4.68 Å². The highest BCUT2D eigenvalue weighted by atomic mass is 32.2. The van der Waals surface area contributed by atoms with E-state index in [-0.39, 0.29) is 5.91 Å². The van der Waals surface area contributed by atoms with Crippen LogP contribution in [0.1, 0.15) is 32.1 Å². The van der Waals surface area contributed by atoms with E-state index in [1.165, 1.54) is 31.0 Å². The lowest BCUT2D eigenvalue weighted by Crippen LogP contribution is -2.37. The van der Waals surface area contributed by atoms with E-state index in [1.54, 1.807) is 11.7 Å². The van der Waals surface area contributed by atoms with Gasteiger partial charge in [-0.2, -0.15) is 0 Å². The van der Waals surface area contributed by atoms with E-state index in [1.807, 2.05) is 0 Å². The standard InChI is InChI=1S/C10H17N5OS/c1-15-10(12-13-14-15)17-7-9(16)11-8-5-3-2-4-6-8/h8H,2-7H2,1H3,(H,11,16). The molecule has 7 heteroatoms. The van der Waals surface area contributed by atoms with Gasteiger partial charge in [-0.15, -0.1) is 5.10 Å². The molecule has 0 saturated heterocycles. The average molecular weight is 255 g/mol. The van der Waals surface area contributed by atoms with E-state index < -0.39 is 0 Å². The lowest BCUT2D eigenvalue weighted by Gasteiger charge is -2.22. The summed E-state index contributed by atoms with van der Waals surface area (Å²) < 4.78 is 1.57. The lowest BCUT2D eigenvalue weighted by atomic mass is 9.95. The number of aromatic nitrogens is 4. The van der Waals surface area contributed by atoms with E-state index in [2.05, 4.69) is 20.8 Å². The second kappa shape index (κ2) is 6.00. The highest BCUT2D eigenvalue weighted by Crippen LogP contribution is 2.18. The van der Waals surface area contributed by atoms with Gasteiger partial charge in [-0.1, -0.05) is 31.0 Å². The molecule has 94 valence electrons. The minimum atomic E-state index is 0.0740. The van der Waals surface area contributed by atoms with Gasteiger partial charge in [0.25, 0.3) is 0 Å². The van der Waals surface area contributed by atoms with Gasteiger partial charge in [0.15, 0.2) is 0 Å². The van der Waals surface area contributed by atoms with Crippen molar-refractivity contribution in [3.05, 3.63) is 0 Å². The molecule has 1 heterocycles. The molecule has 1 aliphatic rings. The molecule has 0 atom stereocenters. The zero-order chi connectivity index (χ0) is 12.1. The van der Waals surface area contributed by atoms with Crippen LogP contribution in [0.5, 0.6) is 0 Å². The third-order valence-electron chi connectivity index (χ3n) is 2.88. The molecule has 0 unspecified atom stereocenters. The number of hydrogen-bond acceptors (Lipinski definition) is 5. The summed E-state index contributed by atoms with van der Waals surface area (Å²) in [6, 6.07) is 0.370. The Hall–Kier alpha value is -1.11. The molecule has 6 nitrogen and oxygen atoms in total. The smallest absolute Gasteiger partial charge is 0.230 e. The molecular formula is C10H17N5OS. The monoisotopic (exact) mass is 255 g/mol. The molecule has 1 saturated carbocycles. The topological polar surface area (TPSA) is 72.7 Å². The largest absolute Gasteiger partial charge is 0.353 e. The van der Waals surface area contributed by atoms with E-state index in [4.69, 9.17) is 0 Å². The number of nitrogens with one attached hydrogen (secondary N) is 1. The quantitative estimate of drug-likeness (QED) is 0.804. The Labute approximate surface area is 105 Å². The molecule has 1 aliphatic carbocycles. The van der Waals surface area contributed by atoms with Crippen LogP contribution in [0.4, 0.5) is 0 Å². The van der Waals surface area contributed by atoms with E-state index in [9.17, 15) is 4.79 Å². The Morgan fingerprint density at radius 3 is 2.88 bits per heavy atom. The van der Waals surface area contributed by atoms with Crippen LogP contribution in [-0.4, -0.2) is 37.9 Å². The van der Waals surface area contributed by atoms with Crippen molar-refractivity contribution in [2.45, 2.75) is 43.3 Å². The summed E-state index contributed by atoms with van der Waals surface area (Å²) in [5, 5.41) is 14.8. The van der Waals surface area contributed by atoms with Gasteiger partial charge in [0.2, 0.25) is 11.1 Å². The zero-order valence-electron chi connectivity index (χ0n) is 9.93. The second-order valence-corrected chi connectivity index (χ2v) is 5.22. The first kappa shape index (κ1) is 12.3. The number of tetrazole rings is 1. The molecule has 1 fully saturated rings. The molecule has 0 aromatic carbocycles. The van der Waals surface area contributed by atoms with Crippen LogP contribution in [0.15, 0.2) is 5.16 Å². The average Bonchev–Trinajstić information content (AvgIpc) is 2.74. The summed E-state index contributed by atoms with van der Waals surface area (Å²) in [5.41, 5.74) is 0. The first-order valence-corrected chi connectivity index (χ1v) is 6.89.